The van der Waals surface area contributed by atoms with Crippen LogP contribution in [0.5, 0.6) is 0 Å². The number of hydrogen-bond donors (Lipinski definition) is 1. The molecule has 9 nitrogen and oxygen atoms in total. The Balaban J connectivity index is 2.11. The fraction of sp³-hybridized carbons (Fsp3) is 1.00. The molecule has 0 bridgehead atoms. The van der Waals surface area contributed by atoms with Gasteiger partial charge in [-0.3, -0.25) is 0 Å². The summed E-state index contributed by atoms with van der Waals surface area (Å²) in [6.45, 7) is 10.7. The maximum Gasteiger partial charge on any atom is 0.186 e. The van der Waals surface area contributed by atoms with Gasteiger partial charge >= 0.3 is 0 Å². The molecule has 0 amide bonds. The van der Waals surface area contributed by atoms with Crippen molar-refractivity contribution in [3.05, 3.63) is 0 Å². The summed E-state index contributed by atoms with van der Waals surface area (Å²) in [5.41, 5.74) is 0. The van der Waals surface area contributed by atoms with Crippen LogP contribution in [0.4, 0.5) is 0 Å². The normalized spacial score (nSPS) is 31.4. The van der Waals surface area contributed by atoms with Crippen molar-refractivity contribution < 1.29 is 37.9 Å². The number of nitrogens with one attached hydrogen (secondary N) is 1. The first-order valence-corrected chi connectivity index (χ1v) is 12.3. The first-order valence-electron chi connectivity index (χ1n) is 12.3. The minimum atomic E-state index is -0.580. The van der Waals surface area contributed by atoms with Gasteiger partial charge in [-0.25, -0.2) is 0 Å². The molecule has 0 aromatic rings. The molecule has 2 heterocycles. The third-order valence-corrected chi connectivity index (χ3v) is 5.48. The van der Waals surface area contributed by atoms with E-state index >= 15 is 0 Å². The van der Waals surface area contributed by atoms with E-state index in [1.165, 1.54) is 0 Å². The van der Waals surface area contributed by atoms with Gasteiger partial charge in [0.15, 0.2) is 6.29 Å². The minimum absolute atomic E-state index is 0.304. The molecule has 2 aliphatic heterocycles. The predicted octanol–water partition coefficient (Wildman–Crippen LogP) is 1.77. The Labute approximate surface area is 193 Å². The summed E-state index contributed by atoms with van der Waals surface area (Å²) < 4.78 is 47.9. The highest BCUT2D eigenvalue weighted by atomic mass is 16.7. The maximum atomic E-state index is 6.30. The maximum absolute atomic E-state index is 6.30. The first kappa shape index (κ1) is 27.9. The van der Waals surface area contributed by atoms with Gasteiger partial charge in [-0.05, 0) is 12.8 Å². The Kier molecular flexibility index (Phi) is 15.7. The topological polar surface area (TPSA) is 85.9 Å². The highest BCUT2D eigenvalue weighted by Gasteiger charge is 2.48. The van der Waals surface area contributed by atoms with E-state index in [2.05, 4.69) is 19.2 Å². The molecule has 5 atom stereocenters. The van der Waals surface area contributed by atoms with Crippen molar-refractivity contribution in [1.29, 1.82) is 0 Å². The van der Waals surface area contributed by atoms with E-state index in [1.54, 1.807) is 7.11 Å². The van der Waals surface area contributed by atoms with Gasteiger partial charge < -0.3 is 43.2 Å². The zero-order chi connectivity index (χ0) is 22.9. The van der Waals surface area contributed by atoms with Crippen LogP contribution >= 0.6 is 0 Å². The van der Waals surface area contributed by atoms with Gasteiger partial charge in [0.05, 0.1) is 46.2 Å². The summed E-state index contributed by atoms with van der Waals surface area (Å²) in [6.07, 6.45) is 2.11. The molecule has 0 aromatic carbocycles. The van der Waals surface area contributed by atoms with Crippen LogP contribution in [0, 0.1) is 0 Å². The molecule has 2 aliphatic rings. The second-order valence-electron chi connectivity index (χ2n) is 8.04. The van der Waals surface area contributed by atoms with Gasteiger partial charge in [-0.1, -0.05) is 26.7 Å². The van der Waals surface area contributed by atoms with Crippen molar-refractivity contribution in [3.8, 4) is 0 Å². The van der Waals surface area contributed by atoms with Crippen LogP contribution in [-0.2, 0) is 37.9 Å². The Morgan fingerprint density at radius 3 is 2.12 bits per heavy atom. The summed E-state index contributed by atoms with van der Waals surface area (Å²) in [4.78, 5) is 0. The van der Waals surface area contributed by atoms with Crippen molar-refractivity contribution in [2.24, 2.45) is 0 Å². The molecule has 0 aliphatic carbocycles. The third kappa shape index (κ3) is 10.3. The number of ether oxygens (including phenoxy) is 8. The van der Waals surface area contributed by atoms with E-state index in [4.69, 9.17) is 37.9 Å². The molecule has 32 heavy (non-hydrogen) atoms. The molecule has 2 fully saturated rings. The fourth-order valence-electron chi connectivity index (χ4n) is 3.68. The second kappa shape index (κ2) is 18.0. The Bertz CT molecular complexity index is 444. The summed E-state index contributed by atoms with van der Waals surface area (Å²) in [6, 6.07) is 0. The summed E-state index contributed by atoms with van der Waals surface area (Å²) in [7, 11) is 1.62. The lowest BCUT2D eigenvalue weighted by molar-refractivity contribution is -0.319. The van der Waals surface area contributed by atoms with E-state index in [-0.39, 0.29) is 18.3 Å². The average Bonchev–Trinajstić information content (AvgIpc) is 2.81. The lowest BCUT2D eigenvalue weighted by Crippen LogP contribution is -2.62. The van der Waals surface area contributed by atoms with Crippen molar-refractivity contribution in [3.63, 3.8) is 0 Å². The molecule has 2 saturated heterocycles. The molecule has 2 rings (SSSR count). The standard InChI is InChI=1S/C23H45NO8/c1-4-6-10-28-18-19-20(29-11-7-5-2)21-22(23(25-3)32-19)31-17-15-27-13-9-24-8-12-26-14-16-30-21/h19-24H,4-18H2,1-3H3/t19-,20-,21+,22-,23+/m1/s1. The number of rotatable bonds is 10. The Hall–Kier alpha value is -0.360. The van der Waals surface area contributed by atoms with Crippen molar-refractivity contribution >= 4 is 0 Å². The summed E-state index contributed by atoms with van der Waals surface area (Å²) >= 11 is 0. The van der Waals surface area contributed by atoms with Crippen LogP contribution < -0.4 is 5.32 Å². The largest absolute Gasteiger partial charge is 0.379 e. The fourth-order valence-corrected chi connectivity index (χ4v) is 3.68. The third-order valence-electron chi connectivity index (χ3n) is 5.48. The zero-order valence-electron chi connectivity index (χ0n) is 20.3. The SMILES string of the molecule is CCCCOC[C@H]1O[C@H](OC)[C@@H]2OCCOCCNCCOCCO[C@H]2[C@@H]1OCCCC. The average molecular weight is 464 g/mol. The highest BCUT2D eigenvalue weighted by Crippen LogP contribution is 2.29. The molecular weight excluding hydrogens is 418 g/mol. The Morgan fingerprint density at radius 1 is 0.812 bits per heavy atom. The van der Waals surface area contributed by atoms with Gasteiger partial charge in [-0.2, -0.15) is 0 Å². The quantitative estimate of drug-likeness (QED) is 0.487. The van der Waals surface area contributed by atoms with Crippen LogP contribution in [-0.4, -0.2) is 110 Å². The van der Waals surface area contributed by atoms with Gasteiger partial charge in [0, 0.05) is 33.4 Å². The second-order valence-corrected chi connectivity index (χ2v) is 8.04. The molecule has 0 unspecified atom stereocenters. The number of unbranched alkanes of at least 4 members (excludes halogenated alkanes) is 2. The molecule has 9 heteroatoms. The number of hydrogen-bond acceptors (Lipinski definition) is 9. The summed E-state index contributed by atoms with van der Waals surface area (Å²) in [5, 5.41) is 3.29. The molecule has 190 valence electrons. The van der Waals surface area contributed by atoms with E-state index in [9.17, 15) is 0 Å². The minimum Gasteiger partial charge on any atom is -0.379 e. The van der Waals surface area contributed by atoms with Crippen LogP contribution in [0.25, 0.3) is 0 Å². The van der Waals surface area contributed by atoms with E-state index in [0.717, 1.165) is 38.8 Å². The lowest BCUT2D eigenvalue weighted by atomic mass is 9.98. The number of methoxy groups -OCH3 is 1. The molecule has 0 radical (unpaired) electrons. The van der Waals surface area contributed by atoms with Crippen LogP contribution in [0.3, 0.4) is 0 Å². The smallest absolute Gasteiger partial charge is 0.186 e. The molecule has 0 aromatic heterocycles. The molecular formula is C23H45NO8. The van der Waals surface area contributed by atoms with Gasteiger partial charge in [0.2, 0.25) is 0 Å². The Morgan fingerprint density at radius 2 is 1.47 bits per heavy atom. The molecule has 0 saturated carbocycles. The lowest BCUT2D eigenvalue weighted by Gasteiger charge is -2.45. The summed E-state index contributed by atoms with van der Waals surface area (Å²) in [5.74, 6) is 0. The van der Waals surface area contributed by atoms with E-state index < -0.39 is 12.4 Å². The van der Waals surface area contributed by atoms with E-state index in [0.29, 0.717) is 59.5 Å². The molecule has 1 N–H and O–H groups in total. The van der Waals surface area contributed by atoms with Gasteiger partial charge in [0.25, 0.3) is 0 Å². The van der Waals surface area contributed by atoms with Crippen LogP contribution in [0.1, 0.15) is 39.5 Å². The molecule has 0 spiro atoms. The van der Waals surface area contributed by atoms with Crippen LogP contribution in [0.2, 0.25) is 0 Å². The zero-order valence-corrected chi connectivity index (χ0v) is 20.3. The monoisotopic (exact) mass is 463 g/mol. The van der Waals surface area contributed by atoms with E-state index in [1.807, 2.05) is 0 Å². The van der Waals surface area contributed by atoms with Crippen molar-refractivity contribution in [2.75, 3.05) is 79.7 Å². The first-order chi connectivity index (χ1) is 15.8. The van der Waals surface area contributed by atoms with Gasteiger partial charge in [0.1, 0.15) is 24.4 Å². The highest BCUT2D eigenvalue weighted by molar-refractivity contribution is 4.93. The van der Waals surface area contributed by atoms with Crippen LogP contribution in [0.15, 0.2) is 0 Å². The number of fused-ring (bicyclic) bond motifs is 1. The van der Waals surface area contributed by atoms with Gasteiger partial charge in [-0.15, -0.1) is 0 Å². The predicted molar refractivity (Wildman–Crippen MR) is 120 cm³/mol. The van der Waals surface area contributed by atoms with Crippen molar-refractivity contribution in [1.82, 2.24) is 5.32 Å². The van der Waals surface area contributed by atoms with Crippen molar-refractivity contribution in [2.45, 2.75) is 70.2 Å².